The molecule has 19 atom stereocenters. The van der Waals surface area contributed by atoms with E-state index in [0.29, 0.717) is 72.0 Å². The van der Waals surface area contributed by atoms with Gasteiger partial charge in [-0.25, -0.2) is 4.79 Å². The summed E-state index contributed by atoms with van der Waals surface area (Å²) in [6.45, 7) is 23.8. The molecule has 4 aliphatic carbocycles. The van der Waals surface area contributed by atoms with Gasteiger partial charge in [-0.05, 0) is 162 Å². The van der Waals surface area contributed by atoms with Crippen LogP contribution in [0.1, 0.15) is 99.0 Å². The van der Waals surface area contributed by atoms with E-state index in [4.69, 9.17) is 18.9 Å². The summed E-state index contributed by atoms with van der Waals surface area (Å²) < 4.78 is 25.3. The Morgan fingerprint density at radius 2 is 1.17 bits per heavy atom. The van der Waals surface area contributed by atoms with Crippen LogP contribution in [0.3, 0.4) is 0 Å². The number of piperidine rings is 3. The molecule has 11 heteroatoms. The summed E-state index contributed by atoms with van der Waals surface area (Å²) in [6, 6.07) is 5.19. The fourth-order valence-corrected chi connectivity index (χ4v) is 15.4. The van der Waals surface area contributed by atoms with Crippen molar-refractivity contribution in [3.63, 3.8) is 0 Å². The molecule has 3 heterocycles. The Morgan fingerprint density at radius 3 is 1.66 bits per heavy atom. The summed E-state index contributed by atoms with van der Waals surface area (Å²) in [5.41, 5.74) is 0.493. The van der Waals surface area contributed by atoms with Gasteiger partial charge in [-0.1, -0.05) is 53.2 Å². The molecular weight excluding hydrogens is 807 g/mol. The van der Waals surface area contributed by atoms with Gasteiger partial charge >= 0.3 is 17.9 Å². The number of phenolic OH excluding ortho intramolecular Hbond substituents is 1. The second-order valence-electron chi connectivity index (χ2n) is 23.1. The summed E-state index contributed by atoms with van der Waals surface area (Å²) in [7, 11) is 8.07. The van der Waals surface area contributed by atoms with Crippen LogP contribution in [-0.2, 0) is 28.6 Å². The first-order valence-electron chi connectivity index (χ1n) is 25.0. The maximum atomic E-state index is 15.3. The lowest BCUT2D eigenvalue weighted by atomic mass is 9.44. The van der Waals surface area contributed by atoms with E-state index < -0.39 is 23.2 Å². The van der Waals surface area contributed by atoms with Gasteiger partial charge in [-0.15, -0.1) is 0 Å². The molecule has 64 heavy (non-hydrogen) atoms. The average Bonchev–Trinajstić information content (AvgIpc) is 3.83. The summed E-state index contributed by atoms with van der Waals surface area (Å²) in [6.07, 6.45) is 4.67. The lowest BCUT2D eigenvalue weighted by Crippen LogP contribution is -2.61. The predicted molar refractivity (Wildman–Crippen MR) is 247 cm³/mol. The van der Waals surface area contributed by atoms with Crippen molar-refractivity contribution in [3.05, 3.63) is 35.4 Å². The number of likely N-dealkylation sites (tertiary alicyclic amines) is 3. The quantitative estimate of drug-likeness (QED) is 0.134. The summed E-state index contributed by atoms with van der Waals surface area (Å²) in [4.78, 5) is 51.2. The van der Waals surface area contributed by atoms with Crippen molar-refractivity contribution in [2.45, 2.75) is 112 Å². The number of carbonyl (C=O) groups excluding carboxylic acids is 3. The number of esters is 3. The monoisotopic (exact) mass is 888 g/mol. The Balaban J connectivity index is 1.07. The lowest BCUT2D eigenvalue weighted by molar-refractivity contribution is -0.197. The van der Waals surface area contributed by atoms with Crippen molar-refractivity contribution in [2.24, 2.45) is 88.3 Å². The van der Waals surface area contributed by atoms with Gasteiger partial charge in [0.2, 0.25) is 0 Å². The standard InChI is InChI=1S/C53H81N3O8/c1-28(17-48(58)62-44-19-36-29(2)22-54(9)25-39(36)32(44)5)13-15-42-49(51(59)63-45-20-37-30(3)23-55(10)26-40(37)33(45)6)50(35-14-16-43(57)47(18-35)61-12)53(42,8)52(60)64-46-21-38-31(4)24-56(11)27-41(38)34(46)7/h14,16-18,29-34,36-42,44-46,49-50,57H,13,15,19-27H2,1-12H3/t29-,30+,31-,32+,33-,34-,36-,37-,38+,39-,40-,41-,42+,44+,45-,46-,49+,50-,53-/m1/s1. The number of nitrogens with zero attached hydrogens (tertiary/aromatic N) is 3. The molecule has 0 radical (unpaired) electrons. The lowest BCUT2D eigenvalue weighted by Gasteiger charge is -2.57. The van der Waals surface area contributed by atoms with Crippen molar-refractivity contribution in [3.8, 4) is 11.5 Å². The molecule has 0 unspecified atom stereocenters. The van der Waals surface area contributed by atoms with Crippen LogP contribution < -0.4 is 4.74 Å². The second-order valence-corrected chi connectivity index (χ2v) is 23.1. The van der Waals surface area contributed by atoms with Gasteiger partial charge in [0.05, 0.1) is 18.4 Å². The number of benzene rings is 1. The molecule has 3 aliphatic heterocycles. The minimum atomic E-state index is -1.10. The second kappa shape index (κ2) is 18.5. The number of hydrogen-bond acceptors (Lipinski definition) is 11. The van der Waals surface area contributed by atoms with Crippen LogP contribution in [0, 0.1) is 88.3 Å². The first-order valence-corrected chi connectivity index (χ1v) is 25.0. The highest BCUT2D eigenvalue weighted by atomic mass is 16.6. The Morgan fingerprint density at radius 1 is 0.703 bits per heavy atom. The van der Waals surface area contributed by atoms with E-state index >= 15 is 9.59 Å². The van der Waals surface area contributed by atoms with E-state index in [2.05, 4.69) is 77.4 Å². The first-order chi connectivity index (χ1) is 30.3. The molecule has 1 aromatic rings. The van der Waals surface area contributed by atoms with Crippen molar-refractivity contribution >= 4 is 17.9 Å². The molecule has 1 N–H and O–H groups in total. The smallest absolute Gasteiger partial charge is 0.330 e. The summed E-state index contributed by atoms with van der Waals surface area (Å²) in [5, 5.41) is 10.7. The highest BCUT2D eigenvalue weighted by molar-refractivity contribution is 5.87. The van der Waals surface area contributed by atoms with Crippen molar-refractivity contribution in [1.29, 1.82) is 0 Å². The number of rotatable bonds is 11. The maximum Gasteiger partial charge on any atom is 0.330 e. The van der Waals surface area contributed by atoms with E-state index in [0.717, 1.165) is 69.7 Å². The van der Waals surface area contributed by atoms with E-state index in [1.54, 1.807) is 18.2 Å². The number of fused-ring (bicyclic) bond motifs is 3. The van der Waals surface area contributed by atoms with Crippen LogP contribution in [0.15, 0.2) is 29.8 Å². The van der Waals surface area contributed by atoms with Gasteiger partial charge in [-0.2, -0.15) is 0 Å². The van der Waals surface area contributed by atoms with Gasteiger partial charge < -0.3 is 38.8 Å². The van der Waals surface area contributed by atoms with Gasteiger partial charge in [0.25, 0.3) is 0 Å². The van der Waals surface area contributed by atoms with Crippen LogP contribution in [0.25, 0.3) is 0 Å². The molecule has 1 aromatic carbocycles. The van der Waals surface area contributed by atoms with Crippen LogP contribution in [0.2, 0.25) is 0 Å². The summed E-state index contributed by atoms with van der Waals surface area (Å²) >= 11 is 0. The molecule has 0 amide bonds. The fraction of sp³-hybridized carbons (Fsp3) is 0.792. The minimum absolute atomic E-state index is 0.00580. The zero-order valence-corrected chi connectivity index (χ0v) is 41.1. The summed E-state index contributed by atoms with van der Waals surface area (Å²) in [5.74, 6) is 3.00. The zero-order chi connectivity index (χ0) is 46.1. The number of allylic oxidation sites excluding steroid dienone is 1. The molecule has 7 fully saturated rings. The van der Waals surface area contributed by atoms with E-state index in [1.807, 2.05) is 19.9 Å². The topological polar surface area (TPSA) is 118 Å². The van der Waals surface area contributed by atoms with E-state index in [1.165, 1.54) is 7.11 Å². The zero-order valence-electron chi connectivity index (χ0n) is 41.1. The molecule has 8 rings (SSSR count). The van der Waals surface area contributed by atoms with Gasteiger partial charge in [-0.3, -0.25) is 9.59 Å². The highest BCUT2D eigenvalue weighted by Crippen LogP contribution is 2.65. The molecule has 11 nitrogen and oxygen atoms in total. The Labute approximate surface area is 384 Å². The third-order valence-electron chi connectivity index (χ3n) is 19.0. The molecular formula is C53H81N3O8. The number of methoxy groups -OCH3 is 1. The Bertz CT molecular complexity index is 1920. The fourth-order valence-electron chi connectivity index (χ4n) is 15.4. The predicted octanol–water partition coefficient (Wildman–Crippen LogP) is 7.76. The third kappa shape index (κ3) is 8.65. The minimum Gasteiger partial charge on any atom is -0.504 e. The van der Waals surface area contributed by atoms with Gasteiger partial charge in [0.1, 0.15) is 18.3 Å². The van der Waals surface area contributed by atoms with Crippen LogP contribution >= 0.6 is 0 Å². The normalized spacial score (nSPS) is 43.7. The molecule has 7 aliphatic rings. The molecule has 0 aromatic heterocycles. The Kier molecular flexibility index (Phi) is 13.7. The van der Waals surface area contributed by atoms with Crippen molar-refractivity contribution in [1.82, 2.24) is 14.7 Å². The number of phenols is 1. The van der Waals surface area contributed by atoms with Crippen LogP contribution in [0.4, 0.5) is 0 Å². The van der Waals surface area contributed by atoms with Crippen molar-refractivity contribution < 1.29 is 38.4 Å². The van der Waals surface area contributed by atoms with Gasteiger partial charge in [0.15, 0.2) is 11.5 Å². The Hall–Kier alpha value is -3.15. The average molecular weight is 888 g/mol. The first kappa shape index (κ1) is 47.3. The number of aromatic hydroxyl groups is 1. The number of hydrogen-bond donors (Lipinski definition) is 1. The molecule has 0 spiro atoms. The van der Waals surface area contributed by atoms with Crippen LogP contribution in [0.5, 0.6) is 11.5 Å². The highest BCUT2D eigenvalue weighted by Gasteiger charge is 2.68. The molecule has 0 bridgehead atoms. The maximum absolute atomic E-state index is 15.3. The van der Waals surface area contributed by atoms with Crippen molar-refractivity contribution in [2.75, 3.05) is 67.5 Å². The van der Waals surface area contributed by atoms with Crippen LogP contribution in [-0.4, -0.2) is 124 Å². The van der Waals surface area contributed by atoms with Gasteiger partial charge in [0, 0.05) is 51.3 Å². The van der Waals surface area contributed by atoms with E-state index in [-0.39, 0.29) is 59.6 Å². The van der Waals surface area contributed by atoms with E-state index in [9.17, 15) is 9.90 Å². The molecule has 356 valence electrons. The SMILES string of the molecule is COc1cc([C@@H]2[C@@H](C(=O)O[C@@H]3C[C@H]4[C@H](CN(C)C[C@@H]4C)[C@H]3C)[C@H](CCC(C)=CC(=O)O[C@H]3C[C@H]4[C@H](CN(C)C[C@H]4C)[C@@H]3C)[C@@]2(C)C(=O)O[C@@H]2C[C@@H]3[C@H](CN(C)C[C@H]3C)[C@H]2C)ccc1O. The largest absolute Gasteiger partial charge is 0.504 e. The molecule has 4 saturated carbocycles. The third-order valence-corrected chi connectivity index (χ3v) is 19.0. The number of ether oxygens (including phenoxy) is 4. The number of carbonyl (C=O) groups is 3. The molecule has 3 saturated heterocycles.